The van der Waals surface area contributed by atoms with E-state index in [1.807, 2.05) is 13.8 Å². The number of imide groups is 1. The molecule has 0 radical (unpaired) electrons. The number of methoxy groups -OCH3 is 1. The van der Waals surface area contributed by atoms with Gasteiger partial charge in [-0.2, -0.15) is 0 Å². The van der Waals surface area contributed by atoms with Gasteiger partial charge in [-0.15, -0.1) is 0 Å². The van der Waals surface area contributed by atoms with Gasteiger partial charge in [0.25, 0.3) is 17.1 Å². The summed E-state index contributed by atoms with van der Waals surface area (Å²) in [6.45, 7) is 3.47. The maximum Gasteiger partial charge on any atom is 0.293 e. The molecule has 1 fully saturated rings. The van der Waals surface area contributed by atoms with E-state index in [0.717, 1.165) is 11.8 Å². The summed E-state index contributed by atoms with van der Waals surface area (Å²) in [4.78, 5) is 38.5. The fraction of sp³-hybridized carbons (Fsp3) is 0.261. The van der Waals surface area contributed by atoms with Crippen molar-refractivity contribution in [3.05, 3.63) is 58.8 Å². The lowest BCUT2D eigenvalue weighted by molar-refractivity contribution is -0.124. The predicted octanol–water partition coefficient (Wildman–Crippen LogP) is 4.69. The second-order valence-electron chi connectivity index (χ2n) is 7.06. The number of hydrogen-bond donors (Lipinski definition) is 1. The zero-order valence-corrected chi connectivity index (χ0v) is 18.7. The number of anilines is 1. The van der Waals surface area contributed by atoms with E-state index in [9.17, 15) is 18.8 Å². The topological polar surface area (TPSA) is 84.9 Å². The van der Waals surface area contributed by atoms with Crippen molar-refractivity contribution in [2.24, 2.45) is 0 Å². The number of amides is 3. The minimum absolute atomic E-state index is 0.167. The van der Waals surface area contributed by atoms with Gasteiger partial charge in [-0.3, -0.25) is 19.3 Å². The summed E-state index contributed by atoms with van der Waals surface area (Å²) in [7, 11) is 1.46. The molecule has 7 nitrogen and oxygen atoms in total. The maximum absolute atomic E-state index is 13.0. The average molecular weight is 459 g/mol. The average Bonchev–Trinajstić information content (AvgIpc) is 3.06. The first-order chi connectivity index (χ1) is 15.3. The molecule has 3 rings (SSSR count). The Morgan fingerprint density at radius 2 is 1.91 bits per heavy atom. The molecule has 2 aromatic rings. The van der Waals surface area contributed by atoms with Crippen LogP contribution in [0.15, 0.2) is 47.4 Å². The van der Waals surface area contributed by atoms with E-state index < -0.39 is 11.7 Å². The van der Waals surface area contributed by atoms with Crippen LogP contribution in [-0.4, -0.2) is 41.7 Å². The van der Waals surface area contributed by atoms with Crippen molar-refractivity contribution in [2.45, 2.75) is 26.3 Å². The smallest absolute Gasteiger partial charge is 0.293 e. The van der Waals surface area contributed by atoms with E-state index in [2.05, 4.69) is 5.32 Å². The van der Waals surface area contributed by atoms with E-state index in [1.165, 1.54) is 36.3 Å². The highest BCUT2D eigenvalue weighted by molar-refractivity contribution is 8.18. The Bertz CT molecular complexity index is 1050. The highest BCUT2D eigenvalue weighted by Gasteiger charge is 2.37. The molecule has 0 aromatic heterocycles. The third-order valence-corrected chi connectivity index (χ3v) is 5.71. The fourth-order valence-electron chi connectivity index (χ4n) is 2.96. The minimum Gasteiger partial charge on any atom is -0.493 e. The van der Waals surface area contributed by atoms with Gasteiger partial charge in [0.2, 0.25) is 0 Å². The second kappa shape index (κ2) is 10.3. The van der Waals surface area contributed by atoms with Crippen LogP contribution in [0.4, 0.5) is 14.9 Å². The highest BCUT2D eigenvalue weighted by atomic mass is 32.2. The third-order valence-electron chi connectivity index (χ3n) is 4.83. The number of halogens is 1. The number of nitrogens with zero attached hydrogens (tertiary/aromatic N) is 1. The fourth-order valence-corrected chi connectivity index (χ4v) is 3.89. The van der Waals surface area contributed by atoms with Crippen molar-refractivity contribution >= 4 is 40.6 Å². The number of ether oxygens (including phenoxy) is 2. The Hall–Kier alpha value is -3.33. The summed E-state index contributed by atoms with van der Waals surface area (Å²) >= 11 is 0.904. The minimum atomic E-state index is -0.415. The van der Waals surface area contributed by atoms with Crippen LogP contribution in [0.1, 0.15) is 25.8 Å². The van der Waals surface area contributed by atoms with Crippen molar-refractivity contribution in [1.29, 1.82) is 0 Å². The molecule has 1 atom stereocenters. The molecule has 0 saturated carbocycles. The van der Waals surface area contributed by atoms with Crippen molar-refractivity contribution in [3.63, 3.8) is 0 Å². The van der Waals surface area contributed by atoms with Gasteiger partial charge in [-0.1, -0.05) is 13.0 Å². The Morgan fingerprint density at radius 3 is 2.56 bits per heavy atom. The molecule has 2 aromatic carbocycles. The van der Waals surface area contributed by atoms with Crippen LogP contribution >= 0.6 is 11.8 Å². The first-order valence-corrected chi connectivity index (χ1v) is 10.8. The lowest BCUT2D eigenvalue weighted by Crippen LogP contribution is -2.36. The Balaban J connectivity index is 1.67. The van der Waals surface area contributed by atoms with Gasteiger partial charge in [0.1, 0.15) is 5.82 Å². The van der Waals surface area contributed by atoms with Gasteiger partial charge in [0, 0.05) is 11.7 Å². The number of rotatable bonds is 8. The number of thioether (sulfide) groups is 1. The van der Waals surface area contributed by atoms with Gasteiger partial charge in [0.05, 0.1) is 12.0 Å². The number of hydrogen-bond acceptors (Lipinski definition) is 6. The van der Waals surface area contributed by atoms with Crippen LogP contribution in [-0.2, 0) is 9.59 Å². The largest absolute Gasteiger partial charge is 0.493 e. The van der Waals surface area contributed by atoms with Crippen LogP contribution in [0.25, 0.3) is 6.08 Å². The lowest BCUT2D eigenvalue weighted by atomic mass is 10.1. The highest BCUT2D eigenvalue weighted by Crippen LogP contribution is 2.35. The van der Waals surface area contributed by atoms with Crippen LogP contribution < -0.4 is 14.8 Å². The molecular weight excluding hydrogens is 435 g/mol. The standard InChI is InChI=1S/C23H23FN2O5S/c1-4-14(2)26-22(28)20(32-23(26)29)12-15-5-10-18(19(11-15)30-3)31-13-21(27)25-17-8-6-16(24)7-9-17/h5-12,14H,4,13H2,1-3H3,(H,25,27)/b20-12+/t14-/m1/s1. The molecule has 0 unspecified atom stereocenters. The van der Waals surface area contributed by atoms with Gasteiger partial charge >= 0.3 is 0 Å². The summed E-state index contributed by atoms with van der Waals surface area (Å²) < 4.78 is 23.8. The molecule has 9 heteroatoms. The molecule has 1 aliphatic rings. The van der Waals surface area contributed by atoms with Crippen molar-refractivity contribution < 1.29 is 28.2 Å². The van der Waals surface area contributed by atoms with E-state index >= 15 is 0 Å². The first kappa shape index (κ1) is 23.3. The zero-order chi connectivity index (χ0) is 23.3. The molecule has 168 valence electrons. The quantitative estimate of drug-likeness (QED) is 0.578. The molecular formula is C23H23FN2O5S. The van der Waals surface area contributed by atoms with Crippen molar-refractivity contribution in [2.75, 3.05) is 19.0 Å². The van der Waals surface area contributed by atoms with E-state index in [4.69, 9.17) is 9.47 Å². The first-order valence-electron chi connectivity index (χ1n) is 9.95. The summed E-state index contributed by atoms with van der Waals surface area (Å²) in [5.41, 5.74) is 1.10. The Labute approximate surface area is 189 Å². The zero-order valence-electron chi connectivity index (χ0n) is 17.9. The van der Waals surface area contributed by atoms with E-state index in [-0.39, 0.29) is 23.8 Å². The molecule has 32 heavy (non-hydrogen) atoms. The Morgan fingerprint density at radius 1 is 1.19 bits per heavy atom. The second-order valence-corrected chi connectivity index (χ2v) is 8.06. The SMILES string of the molecule is CC[C@@H](C)N1C(=O)S/C(=C/c2ccc(OCC(=O)Nc3ccc(F)cc3)c(OC)c2)C1=O. The molecule has 1 saturated heterocycles. The van der Waals surface area contributed by atoms with Crippen LogP contribution in [0.5, 0.6) is 11.5 Å². The van der Waals surface area contributed by atoms with Crippen molar-refractivity contribution in [1.82, 2.24) is 4.90 Å². The summed E-state index contributed by atoms with van der Waals surface area (Å²) in [6.07, 6.45) is 2.31. The molecule has 0 bridgehead atoms. The predicted molar refractivity (Wildman–Crippen MR) is 121 cm³/mol. The Kier molecular flexibility index (Phi) is 7.53. The summed E-state index contributed by atoms with van der Waals surface area (Å²) in [5, 5.41) is 2.32. The summed E-state index contributed by atoms with van der Waals surface area (Å²) in [5.74, 6) is -0.414. The number of carbonyl (C=O) groups is 3. The van der Waals surface area contributed by atoms with Crippen LogP contribution in [0.3, 0.4) is 0 Å². The summed E-state index contributed by atoms with van der Waals surface area (Å²) in [6, 6.07) is 10.2. The van der Waals surface area contributed by atoms with Gasteiger partial charge in [-0.25, -0.2) is 4.39 Å². The normalized spacial score (nSPS) is 15.8. The molecule has 1 N–H and O–H groups in total. The molecule has 0 spiro atoms. The van der Waals surface area contributed by atoms with E-state index in [1.54, 1.807) is 24.3 Å². The molecule has 1 heterocycles. The number of carbonyl (C=O) groups excluding carboxylic acids is 3. The van der Waals surface area contributed by atoms with Gasteiger partial charge < -0.3 is 14.8 Å². The maximum atomic E-state index is 13.0. The van der Waals surface area contributed by atoms with Crippen LogP contribution in [0, 0.1) is 5.82 Å². The molecule has 3 amide bonds. The lowest BCUT2D eigenvalue weighted by Gasteiger charge is -2.19. The van der Waals surface area contributed by atoms with E-state index in [0.29, 0.717) is 34.1 Å². The third kappa shape index (κ3) is 5.47. The molecule has 1 aliphatic heterocycles. The van der Waals surface area contributed by atoms with Crippen LogP contribution in [0.2, 0.25) is 0 Å². The number of benzene rings is 2. The monoisotopic (exact) mass is 458 g/mol. The van der Waals surface area contributed by atoms with Crippen molar-refractivity contribution in [3.8, 4) is 11.5 Å². The van der Waals surface area contributed by atoms with Gasteiger partial charge in [0.15, 0.2) is 18.1 Å². The molecule has 0 aliphatic carbocycles. The van der Waals surface area contributed by atoms with Gasteiger partial charge in [-0.05, 0) is 73.1 Å². The number of nitrogens with one attached hydrogen (secondary N) is 1.